The Hall–Kier alpha value is -3.00. The van der Waals surface area contributed by atoms with Crippen LogP contribution in [0.3, 0.4) is 0 Å². The van der Waals surface area contributed by atoms with Gasteiger partial charge in [0.1, 0.15) is 5.82 Å². The highest BCUT2D eigenvalue weighted by Gasteiger charge is 2.29. The zero-order valence-corrected chi connectivity index (χ0v) is 17.1. The molecule has 2 aromatic heterocycles. The summed E-state index contributed by atoms with van der Waals surface area (Å²) >= 11 is 0. The van der Waals surface area contributed by atoms with Gasteiger partial charge in [-0.25, -0.2) is 9.97 Å². The van der Waals surface area contributed by atoms with Crippen LogP contribution in [-0.4, -0.2) is 52.0 Å². The molecular weight excluding hydrogens is 366 g/mol. The summed E-state index contributed by atoms with van der Waals surface area (Å²) in [5, 5.41) is 11.8. The standard InChI is InChI=1S/C21H27N7O/c1-22-17-11-12-23-19(24-17)20-25-26-21(28(20)3)27(2)14-16-10-7-13-29-18(16)15-8-5-4-6-9-15/h4-6,8-9,11-12,16,18H,7,10,13-14H2,1-3H3,(H,22,23,24). The summed E-state index contributed by atoms with van der Waals surface area (Å²) in [5.74, 6) is 3.12. The first-order chi connectivity index (χ1) is 14.2. The molecule has 1 N–H and O–H groups in total. The molecule has 2 atom stereocenters. The van der Waals surface area contributed by atoms with E-state index in [0.717, 1.165) is 37.8 Å². The van der Waals surface area contributed by atoms with Crippen molar-refractivity contribution >= 4 is 11.8 Å². The van der Waals surface area contributed by atoms with Gasteiger partial charge in [0, 0.05) is 46.4 Å². The van der Waals surface area contributed by atoms with Crippen molar-refractivity contribution in [3.63, 3.8) is 0 Å². The summed E-state index contributed by atoms with van der Waals surface area (Å²) in [4.78, 5) is 11.0. The van der Waals surface area contributed by atoms with Crippen LogP contribution in [0, 0.1) is 5.92 Å². The number of aromatic nitrogens is 5. The van der Waals surface area contributed by atoms with Crippen molar-refractivity contribution in [2.75, 3.05) is 37.5 Å². The van der Waals surface area contributed by atoms with Gasteiger partial charge in [-0.15, -0.1) is 10.2 Å². The number of benzene rings is 1. The summed E-state index contributed by atoms with van der Waals surface area (Å²) in [6, 6.07) is 12.3. The lowest BCUT2D eigenvalue weighted by Crippen LogP contribution is -2.34. The van der Waals surface area contributed by atoms with E-state index in [1.165, 1.54) is 5.56 Å². The minimum atomic E-state index is 0.107. The summed E-state index contributed by atoms with van der Waals surface area (Å²) in [7, 11) is 5.83. The summed E-state index contributed by atoms with van der Waals surface area (Å²) in [6.45, 7) is 1.65. The zero-order valence-electron chi connectivity index (χ0n) is 17.1. The Labute approximate surface area is 171 Å². The van der Waals surface area contributed by atoms with Gasteiger partial charge in [0.05, 0.1) is 6.10 Å². The van der Waals surface area contributed by atoms with Gasteiger partial charge >= 0.3 is 0 Å². The van der Waals surface area contributed by atoms with Crippen LogP contribution < -0.4 is 10.2 Å². The molecule has 29 heavy (non-hydrogen) atoms. The van der Waals surface area contributed by atoms with Crippen LogP contribution in [0.15, 0.2) is 42.6 Å². The van der Waals surface area contributed by atoms with E-state index in [-0.39, 0.29) is 6.10 Å². The Morgan fingerprint density at radius 1 is 1.21 bits per heavy atom. The Kier molecular flexibility index (Phi) is 5.71. The van der Waals surface area contributed by atoms with Crippen molar-refractivity contribution in [2.45, 2.75) is 18.9 Å². The molecule has 1 aliphatic heterocycles. The van der Waals surface area contributed by atoms with Crippen molar-refractivity contribution in [1.82, 2.24) is 24.7 Å². The number of nitrogens with zero attached hydrogens (tertiary/aromatic N) is 6. The van der Waals surface area contributed by atoms with Crippen LogP contribution in [0.1, 0.15) is 24.5 Å². The van der Waals surface area contributed by atoms with Crippen molar-refractivity contribution in [3.05, 3.63) is 48.2 Å². The SMILES string of the molecule is CNc1ccnc(-c2nnc(N(C)CC3CCCOC3c3ccccc3)n2C)n1. The van der Waals surface area contributed by atoms with Crippen LogP contribution in [0.4, 0.5) is 11.8 Å². The molecule has 0 saturated carbocycles. The average molecular weight is 393 g/mol. The van der Waals surface area contributed by atoms with E-state index in [4.69, 9.17) is 4.74 Å². The van der Waals surface area contributed by atoms with Crippen LogP contribution in [0.25, 0.3) is 11.6 Å². The molecule has 0 spiro atoms. The molecular formula is C21H27N7O. The first kappa shape index (κ1) is 19.3. The monoisotopic (exact) mass is 393 g/mol. The third kappa shape index (κ3) is 4.07. The number of rotatable bonds is 6. The van der Waals surface area contributed by atoms with Crippen LogP contribution >= 0.6 is 0 Å². The molecule has 2 unspecified atom stereocenters. The summed E-state index contributed by atoms with van der Waals surface area (Å²) in [5.41, 5.74) is 1.24. The molecule has 1 aliphatic rings. The average Bonchev–Trinajstić information content (AvgIpc) is 3.16. The second kappa shape index (κ2) is 8.57. The lowest BCUT2D eigenvalue weighted by atomic mass is 9.89. The van der Waals surface area contributed by atoms with E-state index >= 15 is 0 Å². The van der Waals surface area contributed by atoms with Crippen molar-refractivity contribution in [1.29, 1.82) is 0 Å². The van der Waals surface area contributed by atoms with Crippen LogP contribution in [0.5, 0.6) is 0 Å². The first-order valence-corrected chi connectivity index (χ1v) is 9.95. The van der Waals surface area contributed by atoms with E-state index < -0.39 is 0 Å². The second-order valence-corrected chi connectivity index (χ2v) is 7.38. The molecule has 1 aromatic carbocycles. The van der Waals surface area contributed by atoms with Gasteiger partial charge in [-0.3, -0.25) is 4.57 Å². The zero-order chi connectivity index (χ0) is 20.2. The molecule has 0 bridgehead atoms. The number of nitrogens with one attached hydrogen (secondary N) is 1. The third-order valence-corrected chi connectivity index (χ3v) is 5.39. The maximum absolute atomic E-state index is 6.15. The number of anilines is 2. The second-order valence-electron chi connectivity index (χ2n) is 7.38. The Balaban J connectivity index is 1.53. The fraction of sp³-hybridized carbons (Fsp3) is 0.429. The molecule has 152 valence electrons. The number of hydrogen-bond donors (Lipinski definition) is 1. The molecule has 1 saturated heterocycles. The molecule has 1 fully saturated rings. The first-order valence-electron chi connectivity index (χ1n) is 9.95. The smallest absolute Gasteiger partial charge is 0.227 e. The van der Waals surface area contributed by atoms with Gasteiger partial charge in [-0.05, 0) is 24.5 Å². The van der Waals surface area contributed by atoms with Crippen LogP contribution in [0.2, 0.25) is 0 Å². The van der Waals surface area contributed by atoms with Gasteiger partial charge in [0.25, 0.3) is 0 Å². The molecule has 0 amide bonds. The van der Waals surface area contributed by atoms with E-state index in [0.29, 0.717) is 17.6 Å². The minimum Gasteiger partial charge on any atom is -0.373 e. The fourth-order valence-corrected chi connectivity index (χ4v) is 3.93. The summed E-state index contributed by atoms with van der Waals surface area (Å²) < 4.78 is 8.09. The quantitative estimate of drug-likeness (QED) is 0.689. The molecule has 4 rings (SSSR count). The minimum absolute atomic E-state index is 0.107. The lowest BCUT2D eigenvalue weighted by molar-refractivity contribution is -0.0255. The molecule has 3 heterocycles. The highest BCUT2D eigenvalue weighted by Crippen LogP contribution is 2.34. The largest absolute Gasteiger partial charge is 0.373 e. The third-order valence-electron chi connectivity index (χ3n) is 5.39. The normalized spacial score (nSPS) is 19.1. The Morgan fingerprint density at radius 3 is 2.83 bits per heavy atom. The predicted octanol–water partition coefficient (Wildman–Crippen LogP) is 2.92. The molecule has 8 nitrogen and oxygen atoms in total. The maximum Gasteiger partial charge on any atom is 0.227 e. The van der Waals surface area contributed by atoms with Crippen molar-refractivity contribution in [2.24, 2.45) is 13.0 Å². The number of hydrogen-bond acceptors (Lipinski definition) is 7. The van der Waals surface area contributed by atoms with Crippen molar-refractivity contribution < 1.29 is 4.74 Å². The lowest BCUT2D eigenvalue weighted by Gasteiger charge is -2.34. The molecule has 8 heteroatoms. The van der Waals surface area contributed by atoms with Gasteiger partial charge in [-0.2, -0.15) is 0 Å². The van der Waals surface area contributed by atoms with E-state index in [1.54, 1.807) is 6.20 Å². The predicted molar refractivity (Wildman–Crippen MR) is 113 cm³/mol. The molecule has 0 aliphatic carbocycles. The molecule has 3 aromatic rings. The molecule has 0 radical (unpaired) electrons. The maximum atomic E-state index is 6.15. The van der Waals surface area contributed by atoms with E-state index in [9.17, 15) is 0 Å². The van der Waals surface area contributed by atoms with E-state index in [1.807, 2.05) is 30.8 Å². The highest BCUT2D eigenvalue weighted by atomic mass is 16.5. The Morgan fingerprint density at radius 2 is 2.03 bits per heavy atom. The summed E-state index contributed by atoms with van der Waals surface area (Å²) in [6.07, 6.45) is 4.03. The van der Waals surface area contributed by atoms with Gasteiger partial charge < -0.3 is 15.0 Å². The fourth-order valence-electron chi connectivity index (χ4n) is 3.93. The van der Waals surface area contributed by atoms with Crippen molar-refractivity contribution in [3.8, 4) is 11.6 Å². The van der Waals surface area contributed by atoms with Gasteiger partial charge in [0.15, 0.2) is 5.82 Å². The van der Waals surface area contributed by atoms with Gasteiger partial charge in [0.2, 0.25) is 11.8 Å². The topological polar surface area (TPSA) is 81.0 Å². The van der Waals surface area contributed by atoms with E-state index in [2.05, 4.69) is 61.7 Å². The number of ether oxygens (including phenoxy) is 1. The highest BCUT2D eigenvalue weighted by molar-refractivity contribution is 5.51. The Bertz CT molecular complexity index is 943. The van der Waals surface area contributed by atoms with Gasteiger partial charge in [-0.1, -0.05) is 30.3 Å². The van der Waals surface area contributed by atoms with Crippen LogP contribution in [-0.2, 0) is 11.8 Å².